The molecule has 2 aromatic rings. The number of nitrogens with zero attached hydrogens (tertiary/aromatic N) is 4. The minimum absolute atomic E-state index is 0.151. The van der Waals surface area contributed by atoms with Gasteiger partial charge in [0.15, 0.2) is 0 Å². The number of aromatic nitrogens is 2. The SMILES string of the molecule is CCc1nc(C)nc(N2CCN(C(C)=O)CC2)c1Cc1ccc(C)cc1. The summed E-state index contributed by atoms with van der Waals surface area (Å²) in [4.78, 5) is 25.3. The Labute approximate surface area is 156 Å². The summed E-state index contributed by atoms with van der Waals surface area (Å²) in [6, 6.07) is 8.68. The van der Waals surface area contributed by atoms with Gasteiger partial charge in [0.25, 0.3) is 0 Å². The predicted molar refractivity (Wildman–Crippen MR) is 105 cm³/mol. The quantitative estimate of drug-likeness (QED) is 0.849. The van der Waals surface area contributed by atoms with E-state index in [1.165, 1.54) is 16.7 Å². The van der Waals surface area contributed by atoms with E-state index in [-0.39, 0.29) is 5.91 Å². The summed E-state index contributed by atoms with van der Waals surface area (Å²) < 4.78 is 0. The third-order valence-corrected chi connectivity index (χ3v) is 5.04. The number of amides is 1. The highest BCUT2D eigenvalue weighted by molar-refractivity contribution is 5.73. The molecule has 5 nitrogen and oxygen atoms in total. The number of carbonyl (C=O) groups is 1. The van der Waals surface area contributed by atoms with Crippen molar-refractivity contribution in [1.82, 2.24) is 14.9 Å². The third kappa shape index (κ3) is 4.03. The second-order valence-electron chi connectivity index (χ2n) is 7.03. The lowest BCUT2D eigenvalue weighted by molar-refractivity contribution is -0.129. The maximum atomic E-state index is 11.6. The number of hydrogen-bond acceptors (Lipinski definition) is 4. The van der Waals surface area contributed by atoms with Crippen LogP contribution in [0.3, 0.4) is 0 Å². The number of anilines is 1. The van der Waals surface area contributed by atoms with Crippen LogP contribution >= 0.6 is 0 Å². The van der Waals surface area contributed by atoms with E-state index in [1.807, 2.05) is 11.8 Å². The standard InChI is InChI=1S/C21H28N4O/c1-5-20-19(14-18-8-6-15(2)7-9-18)21(23-16(3)22-20)25-12-10-24(11-13-25)17(4)26/h6-9H,5,10-14H2,1-4H3. The lowest BCUT2D eigenvalue weighted by atomic mass is 10.0. The van der Waals surface area contributed by atoms with Crippen LogP contribution in [0.5, 0.6) is 0 Å². The van der Waals surface area contributed by atoms with Gasteiger partial charge in [-0.2, -0.15) is 0 Å². The van der Waals surface area contributed by atoms with E-state index >= 15 is 0 Å². The average Bonchev–Trinajstić information content (AvgIpc) is 2.64. The second kappa shape index (κ2) is 7.85. The molecule has 1 saturated heterocycles. The van der Waals surface area contributed by atoms with Gasteiger partial charge >= 0.3 is 0 Å². The van der Waals surface area contributed by atoms with Gasteiger partial charge in [0.1, 0.15) is 11.6 Å². The largest absolute Gasteiger partial charge is 0.353 e. The molecule has 2 heterocycles. The third-order valence-electron chi connectivity index (χ3n) is 5.04. The molecule has 1 aromatic carbocycles. The van der Waals surface area contributed by atoms with Gasteiger partial charge in [-0.3, -0.25) is 4.79 Å². The van der Waals surface area contributed by atoms with E-state index in [0.29, 0.717) is 0 Å². The zero-order valence-electron chi connectivity index (χ0n) is 16.2. The molecule has 138 valence electrons. The van der Waals surface area contributed by atoms with Gasteiger partial charge in [-0.1, -0.05) is 36.8 Å². The number of carbonyl (C=O) groups excluding carboxylic acids is 1. The molecule has 1 aliphatic heterocycles. The Hall–Kier alpha value is -2.43. The van der Waals surface area contributed by atoms with E-state index in [9.17, 15) is 4.79 Å². The summed E-state index contributed by atoms with van der Waals surface area (Å²) in [5.74, 6) is 2.01. The smallest absolute Gasteiger partial charge is 0.219 e. The number of rotatable bonds is 4. The number of hydrogen-bond donors (Lipinski definition) is 0. The Morgan fingerprint density at radius 2 is 1.69 bits per heavy atom. The van der Waals surface area contributed by atoms with Crippen molar-refractivity contribution in [2.24, 2.45) is 0 Å². The lowest BCUT2D eigenvalue weighted by Gasteiger charge is -2.36. The number of aryl methyl sites for hydroxylation is 3. The number of benzene rings is 1. The van der Waals surface area contributed by atoms with Crippen LogP contribution < -0.4 is 4.90 Å². The summed E-state index contributed by atoms with van der Waals surface area (Å²) >= 11 is 0. The molecular formula is C21H28N4O. The maximum absolute atomic E-state index is 11.6. The van der Waals surface area contributed by atoms with Crippen LogP contribution in [-0.2, 0) is 17.6 Å². The van der Waals surface area contributed by atoms with Crippen LogP contribution in [0, 0.1) is 13.8 Å². The van der Waals surface area contributed by atoms with Crippen LogP contribution in [-0.4, -0.2) is 47.0 Å². The molecule has 26 heavy (non-hydrogen) atoms. The molecule has 3 rings (SSSR count). The van der Waals surface area contributed by atoms with Crippen molar-refractivity contribution in [3.63, 3.8) is 0 Å². The van der Waals surface area contributed by atoms with E-state index in [4.69, 9.17) is 9.97 Å². The summed E-state index contributed by atoms with van der Waals surface area (Å²) in [7, 11) is 0. The first-order valence-electron chi connectivity index (χ1n) is 9.40. The molecule has 0 saturated carbocycles. The highest BCUT2D eigenvalue weighted by Gasteiger charge is 2.23. The van der Waals surface area contributed by atoms with Gasteiger partial charge in [-0.25, -0.2) is 9.97 Å². The molecule has 1 amide bonds. The molecular weight excluding hydrogens is 324 g/mol. The molecule has 0 spiro atoms. The fraction of sp³-hybridized carbons (Fsp3) is 0.476. The van der Waals surface area contributed by atoms with Gasteiger partial charge in [0, 0.05) is 50.8 Å². The van der Waals surface area contributed by atoms with E-state index in [2.05, 4.69) is 43.0 Å². The fourth-order valence-corrected chi connectivity index (χ4v) is 3.52. The first-order chi connectivity index (χ1) is 12.5. The van der Waals surface area contributed by atoms with Gasteiger partial charge < -0.3 is 9.80 Å². The minimum Gasteiger partial charge on any atom is -0.353 e. The van der Waals surface area contributed by atoms with Crippen molar-refractivity contribution in [2.45, 2.75) is 40.5 Å². The monoisotopic (exact) mass is 352 g/mol. The van der Waals surface area contributed by atoms with Crippen molar-refractivity contribution < 1.29 is 4.79 Å². The summed E-state index contributed by atoms with van der Waals surface area (Å²) in [6.45, 7) is 11.0. The Morgan fingerprint density at radius 1 is 1.04 bits per heavy atom. The molecule has 0 unspecified atom stereocenters. The highest BCUT2D eigenvalue weighted by atomic mass is 16.2. The lowest BCUT2D eigenvalue weighted by Crippen LogP contribution is -2.48. The van der Waals surface area contributed by atoms with Crippen LogP contribution in [0.15, 0.2) is 24.3 Å². The van der Waals surface area contributed by atoms with Gasteiger partial charge in [-0.05, 0) is 25.8 Å². The molecule has 1 aromatic heterocycles. The summed E-state index contributed by atoms with van der Waals surface area (Å²) in [6.07, 6.45) is 1.73. The Morgan fingerprint density at radius 3 is 2.27 bits per heavy atom. The van der Waals surface area contributed by atoms with Crippen molar-refractivity contribution in [3.8, 4) is 0 Å². The average molecular weight is 352 g/mol. The van der Waals surface area contributed by atoms with Gasteiger partial charge in [0.2, 0.25) is 5.91 Å². The Bertz CT molecular complexity index is 777. The first-order valence-corrected chi connectivity index (χ1v) is 9.40. The molecule has 0 aliphatic carbocycles. The topological polar surface area (TPSA) is 49.3 Å². The highest BCUT2D eigenvalue weighted by Crippen LogP contribution is 2.26. The fourth-order valence-electron chi connectivity index (χ4n) is 3.52. The molecule has 0 N–H and O–H groups in total. The molecule has 0 bridgehead atoms. The maximum Gasteiger partial charge on any atom is 0.219 e. The Kier molecular flexibility index (Phi) is 5.55. The molecule has 0 atom stereocenters. The molecule has 1 aliphatic rings. The zero-order valence-corrected chi connectivity index (χ0v) is 16.2. The van der Waals surface area contributed by atoms with Crippen LogP contribution in [0.1, 0.15) is 42.1 Å². The first kappa shape index (κ1) is 18.4. The summed E-state index contributed by atoms with van der Waals surface area (Å²) in [5, 5.41) is 0. The summed E-state index contributed by atoms with van der Waals surface area (Å²) in [5.41, 5.74) is 4.90. The van der Waals surface area contributed by atoms with Crippen molar-refractivity contribution in [1.29, 1.82) is 0 Å². The van der Waals surface area contributed by atoms with Gasteiger partial charge in [-0.15, -0.1) is 0 Å². The van der Waals surface area contributed by atoms with Crippen LogP contribution in [0.4, 0.5) is 5.82 Å². The van der Waals surface area contributed by atoms with Crippen LogP contribution in [0.2, 0.25) is 0 Å². The van der Waals surface area contributed by atoms with Gasteiger partial charge in [0.05, 0.1) is 0 Å². The van der Waals surface area contributed by atoms with E-state index in [1.54, 1.807) is 6.92 Å². The van der Waals surface area contributed by atoms with Crippen molar-refractivity contribution >= 4 is 11.7 Å². The van der Waals surface area contributed by atoms with Crippen molar-refractivity contribution in [2.75, 3.05) is 31.1 Å². The van der Waals surface area contributed by atoms with Crippen LogP contribution in [0.25, 0.3) is 0 Å². The normalized spacial score (nSPS) is 14.6. The zero-order chi connectivity index (χ0) is 18.7. The molecule has 1 fully saturated rings. The molecule has 5 heteroatoms. The predicted octanol–water partition coefficient (Wildman–Crippen LogP) is 2.92. The van der Waals surface area contributed by atoms with E-state index in [0.717, 1.165) is 56.4 Å². The molecule has 0 radical (unpaired) electrons. The number of piperazine rings is 1. The van der Waals surface area contributed by atoms with Crippen molar-refractivity contribution in [3.05, 3.63) is 52.5 Å². The Balaban J connectivity index is 1.92. The second-order valence-corrected chi connectivity index (χ2v) is 7.03. The van der Waals surface area contributed by atoms with E-state index < -0.39 is 0 Å². The minimum atomic E-state index is 0.151.